The van der Waals surface area contributed by atoms with E-state index in [0.29, 0.717) is 10.6 Å². The number of rotatable bonds is 4. The van der Waals surface area contributed by atoms with Gasteiger partial charge in [0.25, 0.3) is 5.91 Å². The van der Waals surface area contributed by atoms with Gasteiger partial charge in [-0.2, -0.15) is 5.10 Å². The van der Waals surface area contributed by atoms with Crippen molar-refractivity contribution >= 4 is 35.0 Å². The largest absolute Gasteiger partial charge is 0.363 e. The molecule has 2 aromatic rings. The first-order valence-corrected chi connectivity index (χ1v) is 9.82. The lowest BCUT2D eigenvalue weighted by Crippen LogP contribution is -2.45. The van der Waals surface area contributed by atoms with Crippen molar-refractivity contribution in [2.45, 2.75) is 40.2 Å². The summed E-state index contributed by atoms with van der Waals surface area (Å²) in [6.07, 6.45) is 4.00. The first kappa shape index (κ1) is 20.2. The molecule has 0 unspecified atom stereocenters. The van der Waals surface area contributed by atoms with Crippen molar-refractivity contribution in [1.29, 1.82) is 0 Å². The Kier molecular flexibility index (Phi) is 5.61. The van der Waals surface area contributed by atoms with Crippen LogP contribution in [0, 0.1) is 6.92 Å². The Bertz CT molecular complexity index is 976. The molecule has 4 nitrogen and oxygen atoms in total. The van der Waals surface area contributed by atoms with Gasteiger partial charge >= 0.3 is 0 Å². The highest BCUT2D eigenvalue weighted by atomic mass is 35.5. The van der Waals surface area contributed by atoms with Crippen LogP contribution >= 0.6 is 11.6 Å². The molecular formula is C23H26ClN3O. The van der Waals surface area contributed by atoms with Gasteiger partial charge in [0, 0.05) is 28.4 Å². The van der Waals surface area contributed by atoms with Gasteiger partial charge in [-0.05, 0) is 81.7 Å². The minimum Gasteiger partial charge on any atom is -0.363 e. The van der Waals surface area contributed by atoms with E-state index >= 15 is 0 Å². The molecule has 0 fully saturated rings. The van der Waals surface area contributed by atoms with Gasteiger partial charge in [0.1, 0.15) is 0 Å². The van der Waals surface area contributed by atoms with Crippen molar-refractivity contribution in [3.8, 4) is 0 Å². The predicted molar refractivity (Wildman–Crippen MR) is 118 cm³/mol. The van der Waals surface area contributed by atoms with E-state index < -0.39 is 0 Å². The van der Waals surface area contributed by atoms with E-state index in [1.54, 1.807) is 30.5 Å². The second-order valence-electron chi connectivity index (χ2n) is 7.66. The number of halogens is 1. The summed E-state index contributed by atoms with van der Waals surface area (Å²) in [5.74, 6) is -0.288. The molecular weight excluding hydrogens is 370 g/mol. The van der Waals surface area contributed by atoms with Gasteiger partial charge in [-0.3, -0.25) is 4.79 Å². The number of fused-ring (bicyclic) bond motifs is 1. The number of amides is 1. The van der Waals surface area contributed by atoms with Crippen LogP contribution in [0.2, 0.25) is 5.02 Å². The van der Waals surface area contributed by atoms with Gasteiger partial charge in [-0.15, -0.1) is 0 Å². The number of anilines is 1. The summed E-state index contributed by atoms with van der Waals surface area (Å²) < 4.78 is 0. The number of allylic oxidation sites excluding steroid dienone is 1. The first-order chi connectivity index (χ1) is 13.2. The van der Waals surface area contributed by atoms with Crippen LogP contribution in [0.25, 0.3) is 5.57 Å². The van der Waals surface area contributed by atoms with Crippen molar-refractivity contribution in [2.24, 2.45) is 5.10 Å². The number of benzene rings is 2. The lowest BCUT2D eigenvalue weighted by atomic mass is 9.87. The number of carbonyl (C=O) groups excluding carboxylic acids is 1. The third-order valence-electron chi connectivity index (χ3n) is 5.14. The number of nitrogens with one attached hydrogen (secondary N) is 1. The maximum absolute atomic E-state index is 12.2. The Morgan fingerprint density at radius 2 is 2.00 bits per heavy atom. The van der Waals surface area contributed by atoms with Crippen molar-refractivity contribution in [3.63, 3.8) is 0 Å². The van der Waals surface area contributed by atoms with Crippen LogP contribution < -0.4 is 10.3 Å². The molecule has 1 aliphatic heterocycles. The van der Waals surface area contributed by atoms with Gasteiger partial charge in [0.2, 0.25) is 0 Å². The van der Waals surface area contributed by atoms with Gasteiger partial charge in [-0.25, -0.2) is 5.43 Å². The number of carbonyl (C=O) groups is 1. The van der Waals surface area contributed by atoms with Crippen LogP contribution in [-0.2, 0) is 0 Å². The lowest BCUT2D eigenvalue weighted by Gasteiger charge is -2.43. The number of nitrogens with zero attached hydrogens (tertiary/aromatic N) is 2. The molecule has 5 heteroatoms. The molecule has 146 valence electrons. The molecule has 0 bridgehead atoms. The fraction of sp³-hybridized carbons (Fsp3) is 0.304. The molecule has 28 heavy (non-hydrogen) atoms. The summed E-state index contributed by atoms with van der Waals surface area (Å²) in [5, 5.41) is 4.67. The van der Waals surface area contributed by atoms with E-state index in [1.165, 1.54) is 16.8 Å². The third kappa shape index (κ3) is 3.97. The van der Waals surface area contributed by atoms with E-state index in [-0.39, 0.29) is 11.4 Å². The molecule has 1 aliphatic rings. The molecule has 0 saturated heterocycles. The zero-order valence-electron chi connectivity index (χ0n) is 17.0. The van der Waals surface area contributed by atoms with Crippen LogP contribution in [0.1, 0.15) is 54.7 Å². The van der Waals surface area contributed by atoms with E-state index in [9.17, 15) is 4.79 Å². The van der Waals surface area contributed by atoms with Crippen molar-refractivity contribution in [2.75, 3.05) is 11.4 Å². The van der Waals surface area contributed by atoms with E-state index in [4.69, 9.17) is 11.6 Å². The highest BCUT2D eigenvalue weighted by molar-refractivity contribution is 6.30. The molecule has 3 rings (SSSR count). The molecule has 0 saturated carbocycles. The zero-order valence-corrected chi connectivity index (χ0v) is 17.8. The van der Waals surface area contributed by atoms with Crippen LogP contribution in [0.4, 0.5) is 5.69 Å². The molecule has 1 amide bonds. The Hall–Kier alpha value is -2.59. The second-order valence-corrected chi connectivity index (χ2v) is 8.10. The van der Waals surface area contributed by atoms with Crippen LogP contribution in [0.3, 0.4) is 0 Å². The molecule has 2 aromatic carbocycles. The Morgan fingerprint density at radius 1 is 1.25 bits per heavy atom. The van der Waals surface area contributed by atoms with Gasteiger partial charge < -0.3 is 4.90 Å². The molecule has 0 aliphatic carbocycles. The fourth-order valence-electron chi connectivity index (χ4n) is 3.82. The topological polar surface area (TPSA) is 44.7 Å². The zero-order chi connectivity index (χ0) is 20.5. The summed E-state index contributed by atoms with van der Waals surface area (Å²) >= 11 is 5.94. The number of likely N-dealkylation sites (N-methyl/N-ethyl adjacent to an activating group) is 1. The van der Waals surface area contributed by atoms with Gasteiger partial charge in [0.05, 0.1) is 11.8 Å². The summed E-state index contributed by atoms with van der Waals surface area (Å²) in [6, 6.07) is 11.1. The average Bonchev–Trinajstić information content (AvgIpc) is 2.62. The molecule has 0 radical (unpaired) electrons. The van der Waals surface area contributed by atoms with Crippen LogP contribution in [-0.4, -0.2) is 24.2 Å². The van der Waals surface area contributed by atoms with Gasteiger partial charge in [0.15, 0.2) is 0 Å². The Balaban J connectivity index is 1.85. The summed E-state index contributed by atoms with van der Waals surface area (Å²) in [5.41, 5.74) is 8.83. The number of hydrazone groups is 1. The van der Waals surface area contributed by atoms with Crippen LogP contribution in [0.15, 0.2) is 47.6 Å². The minimum atomic E-state index is -0.288. The quantitative estimate of drug-likeness (QED) is 0.553. The highest BCUT2D eigenvalue weighted by Crippen LogP contribution is 2.39. The minimum absolute atomic E-state index is 0.0151. The molecule has 0 atom stereocenters. The molecule has 1 heterocycles. The van der Waals surface area contributed by atoms with E-state index in [0.717, 1.165) is 17.7 Å². The smallest absolute Gasteiger partial charge is 0.271 e. The Labute approximate surface area is 171 Å². The van der Waals surface area contributed by atoms with E-state index in [1.807, 2.05) is 0 Å². The second kappa shape index (κ2) is 7.80. The van der Waals surface area contributed by atoms with E-state index in [2.05, 4.69) is 68.3 Å². The summed E-state index contributed by atoms with van der Waals surface area (Å²) in [4.78, 5) is 14.6. The number of hydrogen-bond donors (Lipinski definition) is 1. The normalized spacial score (nSPS) is 15.4. The number of hydrogen-bond acceptors (Lipinski definition) is 3. The van der Waals surface area contributed by atoms with Crippen LogP contribution in [0.5, 0.6) is 0 Å². The van der Waals surface area contributed by atoms with Crippen molar-refractivity contribution in [1.82, 2.24) is 5.43 Å². The highest BCUT2D eigenvalue weighted by Gasteiger charge is 2.30. The first-order valence-electron chi connectivity index (χ1n) is 9.44. The maximum atomic E-state index is 12.2. The predicted octanol–water partition coefficient (Wildman–Crippen LogP) is 5.43. The summed E-state index contributed by atoms with van der Waals surface area (Å²) in [7, 11) is 0. The summed E-state index contributed by atoms with van der Waals surface area (Å²) in [6.45, 7) is 11.8. The SMILES string of the molecule is CCN1c2cc(C)c(/C=N/NC(=O)c3cccc(Cl)c3)cc2C(C)=CC1(C)C. The fourth-order valence-corrected chi connectivity index (χ4v) is 4.01. The third-order valence-corrected chi connectivity index (χ3v) is 5.37. The lowest BCUT2D eigenvalue weighted by molar-refractivity contribution is 0.0955. The van der Waals surface area contributed by atoms with Gasteiger partial charge in [-0.1, -0.05) is 23.7 Å². The molecule has 0 aromatic heterocycles. The Morgan fingerprint density at radius 3 is 2.68 bits per heavy atom. The molecule has 0 spiro atoms. The number of aryl methyl sites for hydroxylation is 1. The monoisotopic (exact) mass is 395 g/mol. The average molecular weight is 396 g/mol. The standard InChI is InChI=1S/C23H26ClN3O/c1-6-27-21-10-15(2)18(12-20(21)16(3)13-23(27,4)5)14-25-26-22(28)17-8-7-9-19(24)11-17/h7-14H,6H2,1-5H3,(H,26,28)/b25-14+. The van der Waals surface area contributed by atoms with Crippen molar-refractivity contribution in [3.05, 3.63) is 69.8 Å². The maximum Gasteiger partial charge on any atom is 0.271 e. The van der Waals surface area contributed by atoms with Crippen molar-refractivity contribution < 1.29 is 4.79 Å². The molecule has 1 N–H and O–H groups in total.